The lowest BCUT2D eigenvalue weighted by Gasteiger charge is -2.37. The smallest absolute Gasteiger partial charge is 0.164 e. The van der Waals surface area contributed by atoms with Crippen LogP contribution in [0.3, 0.4) is 0 Å². The molecule has 2 aliphatic rings. The molecule has 134 valence electrons. The van der Waals surface area contributed by atoms with Gasteiger partial charge in [0.25, 0.3) is 0 Å². The average molecular weight is 326 g/mol. The molecule has 0 aromatic heterocycles. The normalized spacial score (nSPS) is 29.4. The van der Waals surface area contributed by atoms with Gasteiger partial charge in [0.15, 0.2) is 5.79 Å². The molecule has 5 nitrogen and oxygen atoms in total. The molecule has 0 aliphatic carbocycles. The Hall–Kier alpha value is -0.650. The van der Waals surface area contributed by atoms with Crippen LogP contribution < -0.4 is 0 Å². The summed E-state index contributed by atoms with van der Waals surface area (Å²) in [7, 11) is 1.76. The molecule has 0 saturated carbocycles. The fourth-order valence-corrected chi connectivity index (χ4v) is 3.34. The number of hydrogen-bond donors (Lipinski definition) is 0. The van der Waals surface area contributed by atoms with Gasteiger partial charge in [-0.15, -0.1) is 0 Å². The Kier molecular flexibility index (Phi) is 7.31. The largest absolute Gasteiger partial charge is 0.382 e. The molecule has 2 atom stereocenters. The summed E-state index contributed by atoms with van der Waals surface area (Å²) >= 11 is 0. The van der Waals surface area contributed by atoms with Crippen LogP contribution in [0.4, 0.5) is 0 Å². The Bertz CT molecular complexity index is 384. The van der Waals surface area contributed by atoms with Crippen molar-refractivity contribution in [2.24, 2.45) is 5.10 Å². The first-order valence-electron chi connectivity index (χ1n) is 9.20. The van der Waals surface area contributed by atoms with Crippen LogP contribution in [0.2, 0.25) is 0 Å². The molecule has 0 unspecified atom stereocenters. The zero-order valence-electron chi connectivity index (χ0n) is 15.3. The van der Waals surface area contributed by atoms with Gasteiger partial charge in [0.2, 0.25) is 0 Å². The summed E-state index contributed by atoms with van der Waals surface area (Å²) in [5.74, 6) is -0.509. The molecule has 0 aromatic carbocycles. The van der Waals surface area contributed by atoms with Gasteiger partial charge in [0.1, 0.15) is 6.10 Å². The monoisotopic (exact) mass is 326 g/mol. The van der Waals surface area contributed by atoms with Gasteiger partial charge >= 0.3 is 0 Å². The number of unbranched alkanes of at least 4 members (excludes halogenated alkanes) is 3. The lowest BCUT2D eigenvalue weighted by atomic mass is 10.0. The second-order valence-corrected chi connectivity index (χ2v) is 7.15. The van der Waals surface area contributed by atoms with Crippen molar-refractivity contribution in [2.75, 3.05) is 26.9 Å². The Balaban J connectivity index is 1.99. The molecule has 0 spiro atoms. The highest BCUT2D eigenvalue weighted by Gasteiger charge is 2.35. The highest BCUT2D eigenvalue weighted by molar-refractivity contribution is 5.90. The van der Waals surface area contributed by atoms with E-state index in [1.54, 1.807) is 7.11 Å². The van der Waals surface area contributed by atoms with Gasteiger partial charge in [-0.2, -0.15) is 5.10 Å². The van der Waals surface area contributed by atoms with Crippen LogP contribution in [0, 0.1) is 0 Å². The van der Waals surface area contributed by atoms with Crippen LogP contribution in [-0.4, -0.2) is 55.5 Å². The number of nitrogens with zero attached hydrogens (tertiary/aromatic N) is 2. The highest BCUT2D eigenvalue weighted by atomic mass is 16.7. The van der Waals surface area contributed by atoms with Crippen molar-refractivity contribution in [3.63, 3.8) is 0 Å². The van der Waals surface area contributed by atoms with E-state index in [0.29, 0.717) is 12.6 Å². The molecule has 2 heterocycles. The van der Waals surface area contributed by atoms with Crippen LogP contribution in [0.25, 0.3) is 0 Å². The van der Waals surface area contributed by atoms with Crippen LogP contribution in [-0.2, 0) is 14.2 Å². The van der Waals surface area contributed by atoms with Crippen LogP contribution in [0.5, 0.6) is 0 Å². The Morgan fingerprint density at radius 2 is 2.13 bits per heavy atom. The standard InChI is InChI=1S/C18H34N2O3/c1-5-6-7-8-11-17-16(14-22-18(2,3)23-17)19-20-12-9-10-15(20)13-21-4/h15,17H,5-14H2,1-4H3/b19-16+/t15-,17-/m0/s1. The maximum absolute atomic E-state index is 6.16. The second-order valence-electron chi connectivity index (χ2n) is 7.15. The first-order chi connectivity index (χ1) is 11.1. The van der Waals surface area contributed by atoms with Crippen molar-refractivity contribution in [3.05, 3.63) is 0 Å². The van der Waals surface area contributed by atoms with Crippen LogP contribution in [0.1, 0.15) is 65.7 Å². The Morgan fingerprint density at radius 1 is 1.30 bits per heavy atom. The molecule has 2 aliphatic heterocycles. The summed E-state index contributed by atoms with van der Waals surface area (Å²) in [6.07, 6.45) is 8.46. The molecule has 2 rings (SSSR count). The van der Waals surface area contributed by atoms with Gasteiger partial charge < -0.3 is 14.2 Å². The minimum Gasteiger partial charge on any atom is -0.382 e. The first-order valence-corrected chi connectivity index (χ1v) is 9.20. The maximum atomic E-state index is 6.16. The van der Waals surface area contributed by atoms with Gasteiger partial charge in [-0.1, -0.05) is 32.6 Å². The number of ether oxygens (including phenoxy) is 3. The average Bonchev–Trinajstić information content (AvgIpc) is 2.93. The lowest BCUT2D eigenvalue weighted by Crippen LogP contribution is -2.47. The fraction of sp³-hybridized carbons (Fsp3) is 0.944. The van der Waals surface area contributed by atoms with Gasteiger partial charge in [-0.25, -0.2) is 0 Å². The maximum Gasteiger partial charge on any atom is 0.164 e. The van der Waals surface area contributed by atoms with Crippen molar-refractivity contribution in [3.8, 4) is 0 Å². The summed E-state index contributed by atoms with van der Waals surface area (Å²) in [6.45, 7) is 8.54. The van der Waals surface area contributed by atoms with E-state index in [1.807, 2.05) is 13.8 Å². The molecule has 0 radical (unpaired) electrons. The summed E-state index contributed by atoms with van der Waals surface area (Å²) in [5, 5.41) is 7.08. The van der Waals surface area contributed by atoms with E-state index >= 15 is 0 Å². The van der Waals surface area contributed by atoms with Gasteiger partial charge in [0.05, 0.1) is 25.0 Å². The predicted octanol–water partition coefficient (Wildman–Crippen LogP) is 3.58. The lowest BCUT2D eigenvalue weighted by molar-refractivity contribution is -0.236. The highest BCUT2D eigenvalue weighted by Crippen LogP contribution is 2.26. The minimum absolute atomic E-state index is 0.0828. The summed E-state index contributed by atoms with van der Waals surface area (Å²) < 4.78 is 17.3. The third kappa shape index (κ3) is 5.73. The van der Waals surface area contributed by atoms with E-state index in [1.165, 1.54) is 32.1 Å². The molecule has 0 bridgehead atoms. The minimum atomic E-state index is -0.509. The van der Waals surface area contributed by atoms with E-state index in [0.717, 1.165) is 31.7 Å². The summed E-state index contributed by atoms with van der Waals surface area (Å²) in [5.41, 5.74) is 1.05. The van der Waals surface area contributed by atoms with Gasteiger partial charge in [0, 0.05) is 13.7 Å². The molecule has 2 saturated heterocycles. The molecular formula is C18H34N2O3. The van der Waals surface area contributed by atoms with Crippen LogP contribution >= 0.6 is 0 Å². The number of rotatable bonds is 8. The number of methoxy groups -OCH3 is 1. The van der Waals surface area contributed by atoms with Gasteiger partial charge in [-0.3, -0.25) is 5.01 Å². The third-order valence-corrected chi connectivity index (χ3v) is 4.65. The van der Waals surface area contributed by atoms with Crippen molar-refractivity contribution < 1.29 is 14.2 Å². The SMILES string of the molecule is CCCCCC[C@@H]1OC(C)(C)OC/C1=N\N1CCC[C@H]1COC. The van der Waals surface area contributed by atoms with Crippen molar-refractivity contribution in [1.29, 1.82) is 0 Å². The summed E-state index contributed by atoms with van der Waals surface area (Å²) in [6, 6.07) is 0.392. The van der Waals surface area contributed by atoms with Crippen molar-refractivity contribution in [2.45, 2.75) is 83.6 Å². The summed E-state index contributed by atoms with van der Waals surface area (Å²) in [4.78, 5) is 0. The molecule has 0 N–H and O–H groups in total. The van der Waals surface area contributed by atoms with E-state index < -0.39 is 5.79 Å². The molecule has 5 heteroatoms. The molecule has 23 heavy (non-hydrogen) atoms. The quantitative estimate of drug-likeness (QED) is 0.640. The predicted molar refractivity (Wildman–Crippen MR) is 92.7 cm³/mol. The molecule has 2 fully saturated rings. The molecule has 0 aromatic rings. The zero-order chi connectivity index (χ0) is 16.7. The zero-order valence-corrected chi connectivity index (χ0v) is 15.3. The fourth-order valence-electron chi connectivity index (χ4n) is 3.34. The first kappa shape index (κ1) is 18.7. The molecule has 0 amide bonds. The van der Waals surface area contributed by atoms with E-state index in [4.69, 9.17) is 19.3 Å². The van der Waals surface area contributed by atoms with Crippen molar-refractivity contribution in [1.82, 2.24) is 5.01 Å². The van der Waals surface area contributed by atoms with Gasteiger partial charge in [-0.05, 0) is 33.1 Å². The third-order valence-electron chi connectivity index (χ3n) is 4.65. The Labute approximate surface area is 141 Å². The topological polar surface area (TPSA) is 43.3 Å². The number of hydrogen-bond acceptors (Lipinski definition) is 5. The molecular weight excluding hydrogens is 292 g/mol. The Morgan fingerprint density at radius 3 is 2.87 bits per heavy atom. The second kappa shape index (κ2) is 9.00. The number of hydrazone groups is 1. The van der Waals surface area contributed by atoms with E-state index in [9.17, 15) is 0 Å². The van der Waals surface area contributed by atoms with Crippen molar-refractivity contribution >= 4 is 5.71 Å². The van der Waals surface area contributed by atoms with E-state index in [-0.39, 0.29) is 6.10 Å². The van der Waals surface area contributed by atoms with Crippen LogP contribution in [0.15, 0.2) is 5.10 Å². The van der Waals surface area contributed by atoms with E-state index in [2.05, 4.69) is 11.9 Å².